The van der Waals surface area contributed by atoms with Crippen LogP contribution in [0.25, 0.3) is 0 Å². The smallest absolute Gasteiger partial charge is 0.274 e. The van der Waals surface area contributed by atoms with Crippen molar-refractivity contribution in [2.75, 3.05) is 0 Å². The van der Waals surface area contributed by atoms with Crippen LogP contribution in [0.5, 0.6) is 0 Å². The van der Waals surface area contributed by atoms with Crippen molar-refractivity contribution in [2.45, 2.75) is 83.5 Å². The third-order valence-electron chi connectivity index (χ3n) is 5.88. The van der Waals surface area contributed by atoms with Crippen molar-refractivity contribution in [1.29, 1.82) is 0 Å². The summed E-state index contributed by atoms with van der Waals surface area (Å²) in [6.45, 7) is 2.24. The third kappa shape index (κ3) is 5.01. The monoisotopic (exact) mass is 346 g/mol. The van der Waals surface area contributed by atoms with Gasteiger partial charge in [-0.1, -0.05) is 51.5 Å². The number of unbranched alkanes of at least 4 members (excludes halogenated alkanes) is 2. The van der Waals surface area contributed by atoms with Crippen LogP contribution < -0.4 is 0 Å². The molecule has 0 bridgehead atoms. The predicted octanol–water partition coefficient (Wildman–Crippen LogP) is 6.50. The van der Waals surface area contributed by atoms with Gasteiger partial charge in [0.05, 0.1) is 0 Å². The first kappa shape index (κ1) is 18.9. The fourth-order valence-corrected chi connectivity index (χ4v) is 4.45. The van der Waals surface area contributed by atoms with E-state index in [0.717, 1.165) is 12.3 Å². The van der Waals surface area contributed by atoms with Gasteiger partial charge in [0, 0.05) is 5.57 Å². The number of hydrogen-bond acceptors (Lipinski definition) is 1. The lowest BCUT2D eigenvalue weighted by Crippen LogP contribution is -2.30. The number of carbonyl (C=O) groups is 1. The Morgan fingerprint density at radius 2 is 1.87 bits per heavy atom. The van der Waals surface area contributed by atoms with Gasteiger partial charge in [0.2, 0.25) is 0 Å². The molecule has 0 amide bonds. The molecule has 2 rings (SSSR count). The van der Waals surface area contributed by atoms with Gasteiger partial charge in [-0.15, -0.1) is 0 Å². The number of halogens is 3. The normalized spacial score (nSPS) is 29.2. The van der Waals surface area contributed by atoms with Crippen LogP contribution in [0.4, 0.5) is 8.78 Å². The first-order chi connectivity index (χ1) is 10.9. The summed E-state index contributed by atoms with van der Waals surface area (Å²) in [6, 6.07) is 0. The highest BCUT2D eigenvalue weighted by Crippen LogP contribution is 2.43. The van der Waals surface area contributed by atoms with E-state index >= 15 is 0 Å². The highest BCUT2D eigenvalue weighted by molar-refractivity contribution is 6.65. The molecule has 0 saturated heterocycles. The van der Waals surface area contributed by atoms with Crippen molar-refractivity contribution in [3.8, 4) is 0 Å². The second-order valence-electron chi connectivity index (χ2n) is 7.39. The first-order valence-electron chi connectivity index (χ1n) is 9.22. The summed E-state index contributed by atoms with van der Waals surface area (Å²) in [6.07, 6.45) is 13.8. The summed E-state index contributed by atoms with van der Waals surface area (Å²) >= 11 is 5.03. The lowest BCUT2D eigenvalue weighted by Gasteiger charge is -2.36. The topological polar surface area (TPSA) is 17.1 Å². The molecular formula is C19H29ClF2O. The summed E-state index contributed by atoms with van der Waals surface area (Å²) in [5, 5.41) is -1.55. The fourth-order valence-electron chi connectivity index (χ4n) is 4.33. The molecule has 0 aromatic rings. The van der Waals surface area contributed by atoms with E-state index in [1.54, 1.807) is 6.08 Å². The Balaban J connectivity index is 1.78. The van der Waals surface area contributed by atoms with E-state index in [9.17, 15) is 13.6 Å². The summed E-state index contributed by atoms with van der Waals surface area (Å²) in [7, 11) is 0. The second-order valence-corrected chi connectivity index (χ2v) is 7.73. The lowest BCUT2D eigenvalue weighted by atomic mass is 9.70. The van der Waals surface area contributed by atoms with Gasteiger partial charge >= 0.3 is 5.92 Å². The number of allylic oxidation sites excluding steroid dienone is 2. The molecule has 1 atom stereocenters. The van der Waals surface area contributed by atoms with Crippen LogP contribution in [0.15, 0.2) is 11.6 Å². The molecule has 1 fully saturated rings. The van der Waals surface area contributed by atoms with E-state index < -0.39 is 11.2 Å². The third-order valence-corrected chi connectivity index (χ3v) is 6.11. The van der Waals surface area contributed by atoms with Crippen LogP contribution in [0.2, 0.25) is 0 Å². The summed E-state index contributed by atoms with van der Waals surface area (Å²) in [5.74, 6) is -1.40. The van der Waals surface area contributed by atoms with Gasteiger partial charge in [-0.25, -0.2) is 0 Å². The van der Waals surface area contributed by atoms with Gasteiger partial charge in [0.15, 0.2) is 0 Å². The number of alkyl halides is 2. The molecule has 2 aliphatic rings. The van der Waals surface area contributed by atoms with Crippen molar-refractivity contribution in [3.05, 3.63) is 11.6 Å². The Morgan fingerprint density at radius 1 is 1.17 bits per heavy atom. The zero-order chi connectivity index (χ0) is 16.9. The standard InChI is InChI=1S/C19H29ClF2O/c1-2-3-4-5-14-6-8-15(9-7-14)16-10-12-17(13-11-16)19(21,22)18(20)23/h12,14-16H,2-11,13H2,1H3. The molecule has 0 N–H and O–H groups in total. The maximum atomic E-state index is 13.7. The van der Waals surface area contributed by atoms with Crippen LogP contribution in [0.3, 0.4) is 0 Å². The lowest BCUT2D eigenvalue weighted by molar-refractivity contribution is -0.129. The number of hydrogen-bond donors (Lipinski definition) is 0. The Labute approximate surface area is 143 Å². The molecule has 2 aliphatic carbocycles. The maximum absolute atomic E-state index is 13.7. The minimum Gasteiger partial charge on any atom is -0.274 e. The SMILES string of the molecule is CCCCCC1CCC(C2CC=C(C(F)(F)C(=O)Cl)CC2)CC1. The largest absolute Gasteiger partial charge is 0.341 e. The van der Waals surface area contributed by atoms with Crippen molar-refractivity contribution in [1.82, 2.24) is 0 Å². The molecule has 1 unspecified atom stereocenters. The van der Waals surface area contributed by atoms with E-state index in [4.69, 9.17) is 11.6 Å². The van der Waals surface area contributed by atoms with Crippen LogP contribution >= 0.6 is 11.6 Å². The molecular weight excluding hydrogens is 318 g/mol. The molecule has 0 aromatic heterocycles. The number of carbonyl (C=O) groups excluding carboxylic acids is 1. The van der Waals surface area contributed by atoms with E-state index in [1.165, 1.54) is 51.4 Å². The zero-order valence-corrected chi connectivity index (χ0v) is 14.9. The molecule has 0 spiro atoms. The van der Waals surface area contributed by atoms with Crippen LogP contribution in [-0.2, 0) is 4.79 Å². The minimum atomic E-state index is -3.47. The fraction of sp³-hybridized carbons (Fsp3) is 0.842. The molecule has 1 nitrogen and oxygen atoms in total. The summed E-state index contributed by atoms with van der Waals surface area (Å²) in [5.41, 5.74) is -0.0676. The first-order valence-corrected chi connectivity index (χ1v) is 9.60. The van der Waals surface area contributed by atoms with E-state index in [-0.39, 0.29) is 5.57 Å². The average Bonchev–Trinajstić information content (AvgIpc) is 2.56. The quantitative estimate of drug-likeness (QED) is 0.292. The number of rotatable bonds is 7. The predicted molar refractivity (Wildman–Crippen MR) is 90.8 cm³/mol. The van der Waals surface area contributed by atoms with Crippen molar-refractivity contribution >= 4 is 16.8 Å². The molecule has 0 aliphatic heterocycles. The summed E-state index contributed by atoms with van der Waals surface area (Å²) < 4.78 is 27.3. The minimum absolute atomic E-state index is 0.0676. The maximum Gasteiger partial charge on any atom is 0.341 e. The average molecular weight is 347 g/mol. The van der Waals surface area contributed by atoms with Crippen LogP contribution in [-0.4, -0.2) is 11.2 Å². The second kappa shape index (κ2) is 8.60. The summed E-state index contributed by atoms with van der Waals surface area (Å²) in [4.78, 5) is 10.9. The van der Waals surface area contributed by atoms with Gasteiger partial charge in [0.25, 0.3) is 5.24 Å². The molecule has 23 heavy (non-hydrogen) atoms. The van der Waals surface area contributed by atoms with Crippen molar-refractivity contribution < 1.29 is 13.6 Å². The highest BCUT2D eigenvalue weighted by atomic mass is 35.5. The molecule has 0 aromatic carbocycles. The Hall–Kier alpha value is -0.440. The molecule has 4 heteroatoms. The van der Waals surface area contributed by atoms with E-state index in [2.05, 4.69) is 6.92 Å². The molecule has 0 heterocycles. The van der Waals surface area contributed by atoms with E-state index in [1.807, 2.05) is 0 Å². The Bertz CT molecular complexity index is 425. The molecule has 0 radical (unpaired) electrons. The van der Waals surface area contributed by atoms with Crippen molar-refractivity contribution in [3.63, 3.8) is 0 Å². The molecule has 132 valence electrons. The van der Waals surface area contributed by atoms with Gasteiger partial charge in [-0.3, -0.25) is 4.79 Å². The Morgan fingerprint density at radius 3 is 2.39 bits per heavy atom. The van der Waals surface area contributed by atoms with Gasteiger partial charge in [-0.2, -0.15) is 8.78 Å². The van der Waals surface area contributed by atoms with E-state index in [0.29, 0.717) is 24.7 Å². The van der Waals surface area contributed by atoms with Crippen molar-refractivity contribution in [2.24, 2.45) is 17.8 Å². The van der Waals surface area contributed by atoms with Gasteiger partial charge < -0.3 is 0 Å². The molecule has 1 saturated carbocycles. The van der Waals surface area contributed by atoms with Gasteiger partial charge in [0.1, 0.15) is 0 Å². The highest BCUT2D eigenvalue weighted by Gasteiger charge is 2.43. The van der Waals surface area contributed by atoms with Gasteiger partial charge in [-0.05, 0) is 61.5 Å². The van der Waals surface area contributed by atoms with Crippen LogP contribution in [0, 0.1) is 17.8 Å². The Kier molecular flexibility index (Phi) is 7.06. The zero-order valence-electron chi connectivity index (χ0n) is 14.1. The van der Waals surface area contributed by atoms with Crippen LogP contribution in [0.1, 0.15) is 77.6 Å².